The highest BCUT2D eigenvalue weighted by Crippen LogP contribution is 2.36. The van der Waals surface area contributed by atoms with Gasteiger partial charge in [0.15, 0.2) is 0 Å². The monoisotopic (exact) mass is 425 g/mol. The van der Waals surface area contributed by atoms with E-state index in [4.69, 9.17) is 9.26 Å². The van der Waals surface area contributed by atoms with E-state index in [1.54, 1.807) is 31.1 Å². The van der Waals surface area contributed by atoms with Crippen molar-refractivity contribution in [3.8, 4) is 16.9 Å². The number of ether oxygens (including phenoxy) is 1. The van der Waals surface area contributed by atoms with Gasteiger partial charge >= 0.3 is 0 Å². The third-order valence-corrected chi connectivity index (χ3v) is 5.45. The first-order chi connectivity index (χ1) is 14.9. The van der Waals surface area contributed by atoms with Crippen LogP contribution in [0.2, 0.25) is 0 Å². The van der Waals surface area contributed by atoms with E-state index in [2.05, 4.69) is 20.9 Å². The Morgan fingerprint density at radius 3 is 2.42 bits per heavy atom. The second-order valence-corrected chi connectivity index (χ2v) is 7.65. The molecule has 1 aromatic carbocycles. The predicted molar refractivity (Wildman–Crippen MR) is 121 cm³/mol. The Kier molecular flexibility index (Phi) is 7.46. The van der Waals surface area contributed by atoms with Crippen molar-refractivity contribution in [2.75, 3.05) is 25.5 Å². The van der Waals surface area contributed by atoms with E-state index in [0.717, 1.165) is 22.5 Å². The summed E-state index contributed by atoms with van der Waals surface area (Å²) in [6.45, 7) is 8.07. The number of nitrogens with one attached hydrogen (secondary N) is 2. The van der Waals surface area contributed by atoms with Crippen LogP contribution < -0.4 is 15.4 Å². The van der Waals surface area contributed by atoms with Gasteiger partial charge in [-0.3, -0.25) is 9.48 Å². The van der Waals surface area contributed by atoms with Gasteiger partial charge in [0.25, 0.3) is 5.91 Å². The van der Waals surface area contributed by atoms with Gasteiger partial charge in [-0.2, -0.15) is 5.10 Å². The highest BCUT2D eigenvalue weighted by atomic mass is 16.5. The van der Waals surface area contributed by atoms with E-state index in [1.807, 2.05) is 32.9 Å². The average molecular weight is 426 g/mol. The number of anilines is 1. The lowest BCUT2D eigenvalue weighted by Crippen LogP contribution is -2.21. The molecule has 8 heteroatoms. The van der Waals surface area contributed by atoms with Crippen molar-refractivity contribution in [1.82, 2.24) is 20.3 Å². The summed E-state index contributed by atoms with van der Waals surface area (Å²) in [5.41, 5.74) is 4.45. The molecule has 166 valence electrons. The Morgan fingerprint density at radius 2 is 1.94 bits per heavy atom. The average Bonchev–Trinajstić information content (AvgIpc) is 3.30. The van der Waals surface area contributed by atoms with Crippen LogP contribution >= 0.6 is 0 Å². The second kappa shape index (κ2) is 10.3. The van der Waals surface area contributed by atoms with Gasteiger partial charge in [0, 0.05) is 24.0 Å². The molecule has 0 radical (unpaired) electrons. The predicted octanol–water partition coefficient (Wildman–Crippen LogP) is 4.02. The minimum Gasteiger partial charge on any atom is -0.496 e. The maximum atomic E-state index is 12.5. The quantitative estimate of drug-likeness (QED) is 0.656. The summed E-state index contributed by atoms with van der Waals surface area (Å²) < 4.78 is 12.4. The van der Waals surface area contributed by atoms with E-state index in [9.17, 15) is 4.79 Å². The number of hydrogen-bond acceptors (Lipinski definition) is 6. The molecule has 0 bridgehead atoms. The van der Waals surface area contributed by atoms with Gasteiger partial charge in [-0.05, 0) is 64.9 Å². The fourth-order valence-electron chi connectivity index (χ4n) is 3.57. The van der Waals surface area contributed by atoms with Gasteiger partial charge < -0.3 is 19.9 Å². The van der Waals surface area contributed by atoms with Crippen molar-refractivity contribution in [3.63, 3.8) is 0 Å². The summed E-state index contributed by atoms with van der Waals surface area (Å²) in [7, 11) is 3.41. The van der Waals surface area contributed by atoms with Crippen molar-refractivity contribution in [2.45, 2.75) is 40.0 Å². The maximum Gasteiger partial charge on any atom is 0.259 e. The number of nitrogens with zero attached hydrogens (tertiary/aromatic N) is 3. The molecular weight excluding hydrogens is 394 g/mol. The molecule has 4 rings (SSSR count). The van der Waals surface area contributed by atoms with E-state index in [1.165, 1.54) is 32.4 Å². The van der Waals surface area contributed by atoms with Crippen molar-refractivity contribution in [2.24, 2.45) is 7.05 Å². The summed E-state index contributed by atoms with van der Waals surface area (Å²) in [6, 6.07) is 5.46. The van der Waals surface area contributed by atoms with Crippen molar-refractivity contribution >= 4 is 11.6 Å². The first-order valence-corrected chi connectivity index (χ1v) is 10.5. The summed E-state index contributed by atoms with van der Waals surface area (Å²) in [6.07, 6.45) is 5.77. The molecule has 1 aliphatic heterocycles. The van der Waals surface area contributed by atoms with E-state index in [-0.39, 0.29) is 5.91 Å². The summed E-state index contributed by atoms with van der Waals surface area (Å²) in [4.78, 5) is 12.5. The molecule has 8 nitrogen and oxygen atoms in total. The Morgan fingerprint density at radius 1 is 1.19 bits per heavy atom. The van der Waals surface area contributed by atoms with Crippen LogP contribution in [-0.2, 0) is 7.05 Å². The number of aromatic nitrogens is 3. The molecule has 1 aliphatic rings. The van der Waals surface area contributed by atoms with Crippen LogP contribution in [0.4, 0.5) is 5.69 Å². The number of hydrogen-bond donors (Lipinski definition) is 2. The summed E-state index contributed by atoms with van der Waals surface area (Å²) in [5, 5.41) is 14.3. The molecule has 3 aromatic rings. The standard InChI is InChI=1S/C18H20N4O3.C5H11N/c1-10-17(12(3)25-21-10)14-8-13(6-7-16(14)24-5)20-18(23)15-9-19-22(4)11(15)2;1-2-4-6-5-3-1/h6-9H,1-5H3,(H,20,23);6H,1-5H2. The van der Waals surface area contributed by atoms with Crippen LogP contribution in [0.25, 0.3) is 11.1 Å². The first kappa shape index (κ1) is 22.6. The number of carbonyl (C=O) groups is 1. The zero-order chi connectivity index (χ0) is 22.4. The maximum absolute atomic E-state index is 12.5. The van der Waals surface area contributed by atoms with Crippen molar-refractivity contribution < 1.29 is 14.1 Å². The minimum absolute atomic E-state index is 0.208. The Balaban J connectivity index is 0.000000391. The van der Waals surface area contributed by atoms with Gasteiger partial charge in [-0.15, -0.1) is 0 Å². The highest BCUT2D eigenvalue weighted by molar-refractivity contribution is 6.05. The van der Waals surface area contributed by atoms with Crippen LogP contribution in [0.3, 0.4) is 0 Å². The molecule has 0 atom stereocenters. The van der Waals surface area contributed by atoms with Crippen LogP contribution in [0.5, 0.6) is 5.75 Å². The van der Waals surface area contributed by atoms with E-state index < -0.39 is 0 Å². The summed E-state index contributed by atoms with van der Waals surface area (Å²) >= 11 is 0. The number of methoxy groups -OCH3 is 1. The van der Waals surface area contributed by atoms with E-state index in [0.29, 0.717) is 22.8 Å². The SMILES string of the molecule is C1CCNCC1.COc1ccc(NC(=O)c2cnn(C)c2C)cc1-c1c(C)noc1C. The van der Waals surface area contributed by atoms with Crippen LogP contribution in [0.15, 0.2) is 28.9 Å². The van der Waals surface area contributed by atoms with E-state index >= 15 is 0 Å². The zero-order valence-electron chi connectivity index (χ0n) is 18.9. The number of amides is 1. The number of carbonyl (C=O) groups excluding carboxylic acids is 1. The zero-order valence-corrected chi connectivity index (χ0v) is 18.9. The molecule has 0 spiro atoms. The second-order valence-electron chi connectivity index (χ2n) is 7.65. The topological polar surface area (TPSA) is 94.2 Å². The Hall–Kier alpha value is -3.13. The molecule has 31 heavy (non-hydrogen) atoms. The van der Waals surface area contributed by atoms with Gasteiger partial charge in [0.2, 0.25) is 0 Å². The lowest BCUT2D eigenvalue weighted by molar-refractivity contribution is 0.102. The van der Waals surface area contributed by atoms with Crippen LogP contribution in [0.1, 0.15) is 46.8 Å². The van der Waals surface area contributed by atoms with Gasteiger partial charge in [-0.1, -0.05) is 11.6 Å². The summed E-state index contributed by atoms with van der Waals surface area (Å²) in [5.74, 6) is 1.17. The molecule has 0 saturated carbocycles. The fraction of sp³-hybridized carbons (Fsp3) is 0.435. The third kappa shape index (κ3) is 5.32. The number of rotatable bonds is 4. The van der Waals surface area contributed by atoms with Crippen molar-refractivity contribution in [3.05, 3.63) is 47.1 Å². The molecule has 1 saturated heterocycles. The first-order valence-electron chi connectivity index (χ1n) is 10.5. The smallest absolute Gasteiger partial charge is 0.259 e. The Bertz CT molecular complexity index is 1000. The molecule has 0 aliphatic carbocycles. The number of piperidine rings is 1. The third-order valence-electron chi connectivity index (χ3n) is 5.45. The van der Waals surface area contributed by atoms with Crippen LogP contribution in [0, 0.1) is 20.8 Å². The lowest BCUT2D eigenvalue weighted by Gasteiger charge is -2.11. The fourth-order valence-corrected chi connectivity index (χ4v) is 3.57. The largest absolute Gasteiger partial charge is 0.496 e. The normalized spacial score (nSPS) is 13.3. The van der Waals surface area contributed by atoms with Gasteiger partial charge in [0.1, 0.15) is 11.5 Å². The lowest BCUT2D eigenvalue weighted by atomic mass is 10.0. The van der Waals surface area contributed by atoms with Gasteiger partial charge in [0.05, 0.1) is 30.1 Å². The molecular formula is C23H31N5O3. The molecule has 2 N–H and O–H groups in total. The molecule has 2 aromatic heterocycles. The van der Waals surface area contributed by atoms with Crippen molar-refractivity contribution in [1.29, 1.82) is 0 Å². The number of benzene rings is 1. The molecule has 0 unspecified atom stereocenters. The Labute approximate surface area is 183 Å². The minimum atomic E-state index is -0.208. The van der Waals surface area contributed by atoms with Gasteiger partial charge in [-0.25, -0.2) is 0 Å². The van der Waals surface area contributed by atoms with Crippen LogP contribution in [-0.4, -0.2) is 41.0 Å². The highest BCUT2D eigenvalue weighted by Gasteiger charge is 2.18. The molecule has 1 amide bonds. The molecule has 1 fully saturated rings. The number of aryl methyl sites for hydroxylation is 3. The molecule has 3 heterocycles.